The first kappa shape index (κ1) is 9.52. The molecule has 2 rings (SSSR count). The van der Waals surface area contributed by atoms with Crippen LogP contribution >= 0.6 is 0 Å². The standard InChI is InChI=1S/C10H17N3O/c1-13-7-6-11-10(13)12-8-4-2-3-5-9(8)14/h6-9,14H,2-5H2,1H3,(H,11,12). The largest absolute Gasteiger partial charge is 0.391 e. The van der Waals surface area contributed by atoms with Gasteiger partial charge >= 0.3 is 0 Å². The number of aliphatic hydroxyl groups excluding tert-OH is 1. The molecule has 1 aliphatic rings. The summed E-state index contributed by atoms with van der Waals surface area (Å²) in [7, 11) is 1.95. The first-order valence-electron chi connectivity index (χ1n) is 5.19. The van der Waals surface area contributed by atoms with E-state index in [1.807, 2.05) is 17.8 Å². The van der Waals surface area contributed by atoms with Crippen LogP contribution in [0, 0.1) is 0 Å². The van der Waals surface area contributed by atoms with E-state index in [2.05, 4.69) is 10.3 Å². The van der Waals surface area contributed by atoms with E-state index in [0.717, 1.165) is 25.2 Å². The molecule has 4 nitrogen and oxygen atoms in total. The van der Waals surface area contributed by atoms with Crippen molar-refractivity contribution in [2.45, 2.75) is 37.8 Å². The maximum absolute atomic E-state index is 9.76. The molecule has 0 aromatic carbocycles. The minimum Gasteiger partial charge on any atom is -0.391 e. The van der Waals surface area contributed by atoms with E-state index in [1.165, 1.54) is 6.42 Å². The molecule has 1 aromatic heterocycles. The average Bonchev–Trinajstić information content (AvgIpc) is 2.56. The molecular weight excluding hydrogens is 178 g/mol. The third-order valence-corrected chi connectivity index (χ3v) is 2.87. The number of nitrogens with zero attached hydrogens (tertiary/aromatic N) is 2. The summed E-state index contributed by atoms with van der Waals surface area (Å²) in [5.74, 6) is 0.843. The molecular formula is C10H17N3O. The van der Waals surface area contributed by atoms with Crippen molar-refractivity contribution in [3.8, 4) is 0 Å². The third kappa shape index (κ3) is 1.90. The van der Waals surface area contributed by atoms with Gasteiger partial charge in [0, 0.05) is 19.4 Å². The Labute approximate surface area is 84.0 Å². The Morgan fingerprint density at radius 3 is 2.93 bits per heavy atom. The van der Waals surface area contributed by atoms with Crippen LogP contribution in [0.5, 0.6) is 0 Å². The molecule has 0 spiro atoms. The van der Waals surface area contributed by atoms with Gasteiger partial charge in [-0.1, -0.05) is 12.8 Å². The molecule has 1 saturated carbocycles. The number of aryl methyl sites for hydroxylation is 1. The fourth-order valence-electron chi connectivity index (χ4n) is 1.95. The highest BCUT2D eigenvalue weighted by atomic mass is 16.3. The minimum absolute atomic E-state index is 0.171. The summed E-state index contributed by atoms with van der Waals surface area (Å²) in [6, 6.07) is 0.171. The molecule has 78 valence electrons. The molecule has 0 aliphatic heterocycles. The summed E-state index contributed by atoms with van der Waals surface area (Å²) in [6.45, 7) is 0. The normalized spacial score (nSPS) is 27.6. The second-order valence-electron chi connectivity index (χ2n) is 3.96. The number of imidazole rings is 1. The molecule has 0 amide bonds. The highest BCUT2D eigenvalue weighted by molar-refractivity contribution is 5.27. The van der Waals surface area contributed by atoms with Crippen molar-refractivity contribution < 1.29 is 5.11 Å². The van der Waals surface area contributed by atoms with Crippen molar-refractivity contribution in [3.63, 3.8) is 0 Å². The first-order valence-corrected chi connectivity index (χ1v) is 5.19. The Kier molecular flexibility index (Phi) is 2.72. The molecule has 0 radical (unpaired) electrons. The highest BCUT2D eigenvalue weighted by Crippen LogP contribution is 2.21. The van der Waals surface area contributed by atoms with Gasteiger partial charge in [0.15, 0.2) is 0 Å². The second kappa shape index (κ2) is 4.00. The van der Waals surface area contributed by atoms with Gasteiger partial charge in [-0.25, -0.2) is 4.98 Å². The lowest BCUT2D eigenvalue weighted by Gasteiger charge is -2.28. The Balaban J connectivity index is 1.99. The number of rotatable bonds is 2. The number of nitrogens with one attached hydrogen (secondary N) is 1. The van der Waals surface area contributed by atoms with Gasteiger partial charge in [0.2, 0.25) is 5.95 Å². The molecule has 4 heteroatoms. The predicted molar refractivity (Wildman–Crippen MR) is 55.1 cm³/mol. The molecule has 0 bridgehead atoms. The topological polar surface area (TPSA) is 50.1 Å². The van der Waals surface area contributed by atoms with Crippen LogP contribution in [0.1, 0.15) is 25.7 Å². The summed E-state index contributed by atoms with van der Waals surface area (Å²) >= 11 is 0. The molecule has 2 unspecified atom stereocenters. The summed E-state index contributed by atoms with van der Waals surface area (Å²) in [5, 5.41) is 13.0. The smallest absolute Gasteiger partial charge is 0.202 e. The quantitative estimate of drug-likeness (QED) is 0.744. The summed E-state index contributed by atoms with van der Waals surface area (Å²) in [5.41, 5.74) is 0. The van der Waals surface area contributed by atoms with Crippen molar-refractivity contribution >= 4 is 5.95 Å². The zero-order chi connectivity index (χ0) is 9.97. The van der Waals surface area contributed by atoms with E-state index in [4.69, 9.17) is 0 Å². The molecule has 14 heavy (non-hydrogen) atoms. The Hall–Kier alpha value is -1.03. The maximum Gasteiger partial charge on any atom is 0.202 e. The maximum atomic E-state index is 9.76. The van der Waals surface area contributed by atoms with Crippen LogP contribution in [-0.4, -0.2) is 26.8 Å². The van der Waals surface area contributed by atoms with Gasteiger partial charge in [0.05, 0.1) is 12.1 Å². The lowest BCUT2D eigenvalue weighted by molar-refractivity contribution is 0.116. The van der Waals surface area contributed by atoms with E-state index in [9.17, 15) is 5.11 Å². The van der Waals surface area contributed by atoms with Crippen molar-refractivity contribution in [2.75, 3.05) is 5.32 Å². The first-order chi connectivity index (χ1) is 6.77. The van der Waals surface area contributed by atoms with E-state index >= 15 is 0 Å². The van der Waals surface area contributed by atoms with Crippen LogP contribution in [0.2, 0.25) is 0 Å². The molecule has 1 aliphatic carbocycles. The summed E-state index contributed by atoms with van der Waals surface area (Å²) < 4.78 is 1.93. The van der Waals surface area contributed by atoms with E-state index in [0.29, 0.717) is 0 Å². The van der Waals surface area contributed by atoms with Gasteiger partial charge in [-0.2, -0.15) is 0 Å². The van der Waals surface area contributed by atoms with Gasteiger partial charge in [-0.15, -0.1) is 0 Å². The van der Waals surface area contributed by atoms with Crippen LogP contribution in [0.3, 0.4) is 0 Å². The van der Waals surface area contributed by atoms with Gasteiger partial charge in [-0.3, -0.25) is 0 Å². The van der Waals surface area contributed by atoms with Crippen LogP contribution in [0.25, 0.3) is 0 Å². The molecule has 1 aromatic rings. The number of hydrogen-bond acceptors (Lipinski definition) is 3. The lowest BCUT2D eigenvalue weighted by Crippen LogP contribution is -2.37. The second-order valence-corrected chi connectivity index (χ2v) is 3.96. The fraction of sp³-hybridized carbons (Fsp3) is 0.700. The third-order valence-electron chi connectivity index (χ3n) is 2.87. The van der Waals surface area contributed by atoms with Gasteiger partial charge < -0.3 is 15.0 Å². The Morgan fingerprint density at radius 2 is 2.29 bits per heavy atom. The van der Waals surface area contributed by atoms with Crippen molar-refractivity contribution in [1.29, 1.82) is 0 Å². The Bertz CT molecular complexity index is 297. The van der Waals surface area contributed by atoms with E-state index < -0.39 is 0 Å². The van der Waals surface area contributed by atoms with Crippen molar-refractivity contribution in [2.24, 2.45) is 7.05 Å². The number of aromatic nitrogens is 2. The molecule has 2 N–H and O–H groups in total. The zero-order valence-electron chi connectivity index (χ0n) is 8.48. The van der Waals surface area contributed by atoms with Crippen LogP contribution in [0.15, 0.2) is 12.4 Å². The van der Waals surface area contributed by atoms with Crippen LogP contribution in [0.4, 0.5) is 5.95 Å². The summed E-state index contributed by atoms with van der Waals surface area (Å²) in [4.78, 5) is 4.19. The number of hydrogen-bond donors (Lipinski definition) is 2. The van der Waals surface area contributed by atoms with E-state index in [1.54, 1.807) is 6.20 Å². The molecule has 1 fully saturated rings. The van der Waals surface area contributed by atoms with E-state index in [-0.39, 0.29) is 12.1 Å². The monoisotopic (exact) mass is 195 g/mol. The van der Waals surface area contributed by atoms with Crippen molar-refractivity contribution in [1.82, 2.24) is 9.55 Å². The van der Waals surface area contributed by atoms with Gasteiger partial charge in [-0.05, 0) is 12.8 Å². The van der Waals surface area contributed by atoms with Crippen molar-refractivity contribution in [3.05, 3.63) is 12.4 Å². The predicted octanol–water partition coefficient (Wildman–Crippen LogP) is 1.14. The lowest BCUT2D eigenvalue weighted by atomic mass is 9.93. The molecule has 1 heterocycles. The minimum atomic E-state index is -0.222. The highest BCUT2D eigenvalue weighted by Gasteiger charge is 2.23. The van der Waals surface area contributed by atoms with Gasteiger partial charge in [0.1, 0.15) is 0 Å². The summed E-state index contributed by atoms with van der Waals surface area (Å²) in [6.07, 6.45) is 7.71. The number of aliphatic hydroxyl groups is 1. The van der Waals surface area contributed by atoms with Crippen LogP contribution < -0.4 is 5.32 Å². The zero-order valence-corrected chi connectivity index (χ0v) is 8.48. The molecule has 2 atom stereocenters. The SMILES string of the molecule is Cn1ccnc1NC1CCCCC1O. The number of anilines is 1. The van der Waals surface area contributed by atoms with Gasteiger partial charge in [0.25, 0.3) is 0 Å². The molecule has 0 saturated heterocycles. The fourth-order valence-corrected chi connectivity index (χ4v) is 1.95. The Morgan fingerprint density at radius 1 is 1.50 bits per heavy atom. The van der Waals surface area contributed by atoms with Crippen LogP contribution in [-0.2, 0) is 7.05 Å². The average molecular weight is 195 g/mol.